The fraction of sp³-hybridized carbons (Fsp3) is 0.519. The summed E-state index contributed by atoms with van der Waals surface area (Å²) in [5.41, 5.74) is 0. The van der Waals surface area contributed by atoms with Crippen molar-refractivity contribution in [1.82, 2.24) is 0 Å². The summed E-state index contributed by atoms with van der Waals surface area (Å²) in [4.78, 5) is 12.1. The van der Waals surface area contributed by atoms with Crippen LogP contribution in [0.4, 0.5) is 0 Å². The third-order valence-corrected chi connectivity index (χ3v) is 12.0. The molecule has 4 rings (SSSR count). The predicted molar refractivity (Wildman–Crippen MR) is 128 cm³/mol. The lowest BCUT2D eigenvalue weighted by atomic mass is 10.0. The Bertz CT molecular complexity index is 820. The maximum atomic E-state index is 12.1. The van der Waals surface area contributed by atoms with Crippen LogP contribution in [0.3, 0.4) is 0 Å². The summed E-state index contributed by atoms with van der Waals surface area (Å²) in [6.45, 7) is 7.70. The van der Waals surface area contributed by atoms with E-state index in [1.165, 1.54) is 10.4 Å². The molecule has 4 heteroatoms. The molecule has 0 spiro atoms. The summed E-state index contributed by atoms with van der Waals surface area (Å²) in [5.74, 6) is 0.933. The SMILES string of the molecule is CC(C)(C)[Si](OC[C@@H]1C[C@H]1[C@H]1CCCCCC(=O)O1)(c1ccccc1)c1ccccc1. The van der Waals surface area contributed by atoms with Crippen LogP contribution in [0.25, 0.3) is 0 Å². The molecule has 3 atom stereocenters. The summed E-state index contributed by atoms with van der Waals surface area (Å²) < 4.78 is 12.9. The molecule has 1 aliphatic heterocycles. The molecule has 2 aromatic rings. The molecule has 0 N–H and O–H groups in total. The van der Waals surface area contributed by atoms with Crippen LogP contribution in [0.1, 0.15) is 59.3 Å². The van der Waals surface area contributed by atoms with Gasteiger partial charge in [-0.3, -0.25) is 4.79 Å². The number of hydrogen-bond donors (Lipinski definition) is 0. The maximum Gasteiger partial charge on any atom is 0.306 e. The van der Waals surface area contributed by atoms with Crippen molar-refractivity contribution in [2.24, 2.45) is 11.8 Å². The van der Waals surface area contributed by atoms with E-state index in [4.69, 9.17) is 9.16 Å². The van der Waals surface area contributed by atoms with Crippen molar-refractivity contribution in [1.29, 1.82) is 0 Å². The van der Waals surface area contributed by atoms with Gasteiger partial charge in [-0.15, -0.1) is 0 Å². The van der Waals surface area contributed by atoms with Crippen LogP contribution in [-0.4, -0.2) is 27.0 Å². The first-order chi connectivity index (χ1) is 14.9. The molecular formula is C27H36O3Si. The monoisotopic (exact) mass is 436 g/mol. The first-order valence-corrected chi connectivity index (χ1v) is 13.8. The zero-order chi connectivity index (χ0) is 21.9. The maximum absolute atomic E-state index is 12.1. The number of hydrogen-bond acceptors (Lipinski definition) is 3. The number of cyclic esters (lactones) is 1. The first kappa shape index (κ1) is 22.3. The van der Waals surface area contributed by atoms with Crippen LogP contribution in [0.2, 0.25) is 5.04 Å². The molecule has 0 amide bonds. The molecule has 31 heavy (non-hydrogen) atoms. The molecular weight excluding hydrogens is 400 g/mol. The molecule has 0 aromatic heterocycles. The molecule has 0 radical (unpaired) electrons. The zero-order valence-electron chi connectivity index (χ0n) is 19.2. The number of carbonyl (C=O) groups excluding carboxylic acids is 1. The Kier molecular flexibility index (Phi) is 6.68. The molecule has 0 unspecified atom stereocenters. The van der Waals surface area contributed by atoms with Gasteiger partial charge < -0.3 is 9.16 Å². The number of ether oxygens (including phenoxy) is 1. The Balaban J connectivity index is 1.56. The minimum absolute atomic E-state index is 0.00715. The van der Waals surface area contributed by atoms with Crippen LogP contribution >= 0.6 is 0 Å². The summed E-state index contributed by atoms with van der Waals surface area (Å²) in [6, 6.07) is 21.6. The third kappa shape index (κ3) is 4.80. The summed E-state index contributed by atoms with van der Waals surface area (Å²) in [7, 11) is -2.49. The van der Waals surface area contributed by atoms with Gasteiger partial charge >= 0.3 is 5.97 Å². The molecule has 2 aromatic carbocycles. The Morgan fingerprint density at radius 3 is 2.13 bits per heavy atom. The largest absolute Gasteiger partial charge is 0.462 e. The average Bonchev–Trinajstić information content (AvgIpc) is 3.51. The van der Waals surface area contributed by atoms with E-state index >= 15 is 0 Å². The van der Waals surface area contributed by atoms with Gasteiger partial charge in [-0.05, 0) is 47.0 Å². The molecule has 1 heterocycles. The fourth-order valence-electron chi connectivity index (χ4n) is 5.29. The standard InChI is InChI=1S/C27H36O3Si/c1-27(2,3)31(22-13-7-4-8-14-22,23-15-9-5-10-16-23)29-20-21-19-24(21)25-17-11-6-12-18-26(28)30-25/h4-5,7-10,13-16,21,24-25H,6,11-12,17-20H2,1-3H3/t21-,24+,25+/m0/s1. The van der Waals surface area contributed by atoms with Crippen molar-refractivity contribution >= 4 is 24.7 Å². The number of rotatable bonds is 6. The summed E-state index contributed by atoms with van der Waals surface area (Å²) in [5, 5.41) is 2.64. The Morgan fingerprint density at radius 1 is 0.935 bits per heavy atom. The van der Waals surface area contributed by atoms with E-state index in [1.807, 2.05) is 0 Å². The molecule has 0 bridgehead atoms. The zero-order valence-corrected chi connectivity index (χ0v) is 20.2. The van der Waals surface area contributed by atoms with Crippen molar-refractivity contribution < 1.29 is 14.0 Å². The van der Waals surface area contributed by atoms with Gasteiger partial charge in [0.1, 0.15) is 6.10 Å². The predicted octanol–water partition coefficient (Wildman–Crippen LogP) is 5.08. The Hall–Kier alpha value is -1.91. The van der Waals surface area contributed by atoms with Gasteiger partial charge in [0.05, 0.1) is 0 Å². The molecule has 1 saturated carbocycles. The Labute approximate surface area is 188 Å². The van der Waals surface area contributed by atoms with E-state index in [-0.39, 0.29) is 17.1 Å². The van der Waals surface area contributed by atoms with Gasteiger partial charge in [-0.25, -0.2) is 0 Å². The fourth-order valence-corrected chi connectivity index (χ4v) is 9.91. The van der Waals surface area contributed by atoms with E-state index in [2.05, 4.69) is 81.4 Å². The van der Waals surface area contributed by atoms with Crippen molar-refractivity contribution in [3.8, 4) is 0 Å². The number of esters is 1. The van der Waals surface area contributed by atoms with Gasteiger partial charge in [0, 0.05) is 18.9 Å². The molecule has 1 aliphatic carbocycles. The van der Waals surface area contributed by atoms with Crippen LogP contribution in [-0.2, 0) is 14.0 Å². The van der Waals surface area contributed by atoms with E-state index in [0.29, 0.717) is 18.3 Å². The van der Waals surface area contributed by atoms with E-state index in [1.54, 1.807) is 0 Å². The number of benzene rings is 2. The van der Waals surface area contributed by atoms with Gasteiger partial charge in [0.2, 0.25) is 0 Å². The highest BCUT2D eigenvalue weighted by molar-refractivity contribution is 6.99. The third-order valence-electron chi connectivity index (χ3n) is 7.04. The molecule has 2 aliphatic rings. The van der Waals surface area contributed by atoms with E-state index < -0.39 is 8.32 Å². The van der Waals surface area contributed by atoms with Crippen LogP contribution in [0, 0.1) is 11.8 Å². The topological polar surface area (TPSA) is 35.5 Å². The lowest BCUT2D eigenvalue weighted by Crippen LogP contribution is -2.66. The second kappa shape index (κ2) is 9.29. The Morgan fingerprint density at radius 2 is 1.55 bits per heavy atom. The van der Waals surface area contributed by atoms with E-state index in [0.717, 1.165) is 38.7 Å². The highest BCUT2D eigenvalue weighted by atomic mass is 28.4. The average molecular weight is 437 g/mol. The molecule has 3 nitrogen and oxygen atoms in total. The summed E-state index contributed by atoms with van der Waals surface area (Å²) in [6.07, 6.45) is 6.05. The van der Waals surface area contributed by atoms with Gasteiger partial charge in [-0.1, -0.05) is 87.9 Å². The lowest BCUT2D eigenvalue weighted by Gasteiger charge is -2.43. The van der Waals surface area contributed by atoms with Gasteiger partial charge in [0.15, 0.2) is 0 Å². The smallest absolute Gasteiger partial charge is 0.306 e. The van der Waals surface area contributed by atoms with E-state index in [9.17, 15) is 4.79 Å². The molecule has 2 fully saturated rings. The van der Waals surface area contributed by atoms with Crippen molar-refractivity contribution in [2.45, 2.75) is 70.4 Å². The van der Waals surface area contributed by atoms with Crippen molar-refractivity contribution in [2.75, 3.05) is 6.61 Å². The minimum Gasteiger partial charge on any atom is -0.462 e. The first-order valence-electron chi connectivity index (χ1n) is 11.9. The quantitative estimate of drug-likeness (QED) is 0.468. The van der Waals surface area contributed by atoms with Crippen LogP contribution in [0.15, 0.2) is 60.7 Å². The second-order valence-electron chi connectivity index (χ2n) is 10.3. The molecule has 166 valence electrons. The van der Waals surface area contributed by atoms with Crippen LogP contribution < -0.4 is 10.4 Å². The normalized spacial score (nSPS) is 24.7. The lowest BCUT2D eigenvalue weighted by molar-refractivity contribution is -0.151. The van der Waals surface area contributed by atoms with Crippen molar-refractivity contribution in [3.63, 3.8) is 0 Å². The minimum atomic E-state index is -2.49. The highest BCUT2D eigenvalue weighted by Gasteiger charge is 2.52. The van der Waals surface area contributed by atoms with Crippen molar-refractivity contribution in [3.05, 3.63) is 60.7 Å². The van der Waals surface area contributed by atoms with Gasteiger partial charge in [-0.2, -0.15) is 0 Å². The summed E-state index contributed by atoms with van der Waals surface area (Å²) >= 11 is 0. The van der Waals surface area contributed by atoms with Crippen LogP contribution in [0.5, 0.6) is 0 Å². The molecule has 1 saturated heterocycles. The second-order valence-corrected chi connectivity index (χ2v) is 14.6. The van der Waals surface area contributed by atoms with Gasteiger partial charge in [0.25, 0.3) is 8.32 Å². The number of carbonyl (C=O) groups is 1. The highest BCUT2D eigenvalue weighted by Crippen LogP contribution is 2.46.